The average Bonchev–Trinajstić information content (AvgIpc) is 2.83. The van der Waals surface area contributed by atoms with Crippen molar-refractivity contribution in [2.45, 2.75) is 25.9 Å². The number of amides is 2. The Bertz CT molecular complexity index is 1250. The topological polar surface area (TPSA) is 139 Å². The molecule has 0 radical (unpaired) electrons. The van der Waals surface area contributed by atoms with Gasteiger partial charge in [0.25, 0.3) is 5.56 Å². The van der Waals surface area contributed by atoms with Gasteiger partial charge in [-0.15, -0.1) is 0 Å². The lowest BCUT2D eigenvalue weighted by Crippen LogP contribution is -2.36. The summed E-state index contributed by atoms with van der Waals surface area (Å²) in [7, 11) is 2.99. The number of carboxylic acid groups (broad SMARTS) is 1. The highest BCUT2D eigenvalue weighted by Crippen LogP contribution is 2.29. The van der Waals surface area contributed by atoms with Gasteiger partial charge < -0.3 is 34.9 Å². The molecule has 0 bridgehead atoms. The molecule has 0 fully saturated rings. The number of aliphatic carboxylic acids is 1. The summed E-state index contributed by atoms with van der Waals surface area (Å²) in [6.45, 7) is 1.94. The van der Waals surface area contributed by atoms with Crippen LogP contribution in [0.25, 0.3) is 0 Å². The van der Waals surface area contributed by atoms with E-state index in [0.29, 0.717) is 22.6 Å². The van der Waals surface area contributed by atoms with E-state index in [1.54, 1.807) is 42.5 Å². The Hall–Kier alpha value is -4.47. The second-order valence-electron chi connectivity index (χ2n) is 7.81. The molecular formula is C25H27N3O7. The van der Waals surface area contributed by atoms with E-state index in [2.05, 4.69) is 10.6 Å². The number of nitrogens with one attached hydrogen (secondary N) is 2. The van der Waals surface area contributed by atoms with Crippen LogP contribution in [0.15, 0.2) is 59.5 Å². The number of urea groups is 1. The predicted octanol–water partition coefficient (Wildman–Crippen LogP) is 3.27. The number of benzene rings is 2. The van der Waals surface area contributed by atoms with E-state index in [4.69, 9.17) is 9.47 Å². The van der Waals surface area contributed by atoms with Crippen LogP contribution in [0.3, 0.4) is 0 Å². The molecule has 3 rings (SSSR count). The minimum atomic E-state index is -1.11. The quantitative estimate of drug-likeness (QED) is 0.368. The fraction of sp³-hybridized carbons (Fsp3) is 0.240. The normalized spacial score (nSPS) is 11.4. The number of hydrogen-bond donors (Lipinski definition) is 4. The first-order valence-electron chi connectivity index (χ1n) is 10.7. The number of aromatic nitrogens is 1. The number of methoxy groups -OCH3 is 2. The molecule has 10 heteroatoms. The van der Waals surface area contributed by atoms with Gasteiger partial charge in [0.2, 0.25) is 0 Å². The molecule has 2 amide bonds. The lowest BCUT2D eigenvalue weighted by Gasteiger charge is -2.19. The van der Waals surface area contributed by atoms with Gasteiger partial charge in [0.15, 0.2) is 5.69 Å². The third-order valence-corrected chi connectivity index (χ3v) is 5.40. The van der Waals surface area contributed by atoms with Crippen molar-refractivity contribution in [3.05, 3.63) is 81.8 Å². The van der Waals surface area contributed by atoms with Gasteiger partial charge in [-0.2, -0.15) is 0 Å². The lowest BCUT2D eigenvalue weighted by atomic mass is 10.0. The molecule has 2 aromatic carbocycles. The predicted molar refractivity (Wildman–Crippen MR) is 129 cm³/mol. The maximum Gasteiger partial charge on any atom is 0.319 e. The molecule has 0 spiro atoms. The minimum absolute atomic E-state index is 0.0492. The van der Waals surface area contributed by atoms with Gasteiger partial charge in [-0.25, -0.2) is 4.79 Å². The molecule has 1 atom stereocenters. The van der Waals surface area contributed by atoms with E-state index in [9.17, 15) is 24.6 Å². The Kier molecular flexibility index (Phi) is 7.98. The Morgan fingerprint density at radius 2 is 1.66 bits per heavy atom. The summed E-state index contributed by atoms with van der Waals surface area (Å²) in [6.07, 6.45) is 1.02. The van der Waals surface area contributed by atoms with Crippen molar-refractivity contribution in [2.24, 2.45) is 0 Å². The molecule has 0 saturated heterocycles. The number of anilines is 1. The smallest absolute Gasteiger partial charge is 0.319 e. The van der Waals surface area contributed by atoms with E-state index < -0.39 is 29.4 Å². The van der Waals surface area contributed by atoms with Crippen LogP contribution < -0.4 is 25.7 Å². The minimum Gasteiger partial charge on any atom is -0.505 e. The van der Waals surface area contributed by atoms with Gasteiger partial charge in [-0.3, -0.25) is 9.59 Å². The number of nitrogens with zero attached hydrogens (tertiary/aromatic N) is 1. The lowest BCUT2D eigenvalue weighted by molar-refractivity contribution is -0.137. The third kappa shape index (κ3) is 6.11. The van der Waals surface area contributed by atoms with Crippen molar-refractivity contribution in [3.63, 3.8) is 0 Å². The Balaban J connectivity index is 1.86. The summed E-state index contributed by atoms with van der Waals surface area (Å²) >= 11 is 0. The molecule has 0 aliphatic rings. The van der Waals surface area contributed by atoms with Gasteiger partial charge in [0.1, 0.15) is 17.2 Å². The average molecular weight is 482 g/mol. The number of hydrogen-bond acceptors (Lipinski definition) is 6. The Morgan fingerprint density at radius 1 is 1.03 bits per heavy atom. The zero-order valence-corrected chi connectivity index (χ0v) is 19.6. The number of carboxylic acids is 1. The number of rotatable bonds is 9. The Labute approximate surface area is 201 Å². The van der Waals surface area contributed by atoms with E-state index >= 15 is 0 Å². The van der Waals surface area contributed by atoms with E-state index in [1.807, 2.05) is 6.92 Å². The summed E-state index contributed by atoms with van der Waals surface area (Å²) in [4.78, 5) is 37.1. The number of carbonyl (C=O) groups is 2. The van der Waals surface area contributed by atoms with E-state index in [0.717, 1.165) is 5.56 Å². The zero-order valence-electron chi connectivity index (χ0n) is 19.6. The van der Waals surface area contributed by atoms with Crippen molar-refractivity contribution in [1.29, 1.82) is 0 Å². The summed E-state index contributed by atoms with van der Waals surface area (Å²) < 4.78 is 12.0. The van der Waals surface area contributed by atoms with Crippen LogP contribution in [0.2, 0.25) is 0 Å². The maximum atomic E-state index is 13.1. The maximum absolute atomic E-state index is 13.1. The molecule has 0 saturated carbocycles. The second kappa shape index (κ2) is 11.1. The van der Waals surface area contributed by atoms with Crippen LogP contribution >= 0.6 is 0 Å². The zero-order chi connectivity index (χ0) is 25.5. The number of pyridine rings is 1. The third-order valence-electron chi connectivity index (χ3n) is 5.40. The number of aryl methyl sites for hydroxylation is 1. The molecule has 35 heavy (non-hydrogen) atoms. The van der Waals surface area contributed by atoms with Crippen LogP contribution in [0, 0.1) is 6.92 Å². The van der Waals surface area contributed by atoms with Gasteiger partial charge in [-0.1, -0.05) is 35.9 Å². The van der Waals surface area contributed by atoms with Crippen molar-refractivity contribution in [1.82, 2.24) is 9.88 Å². The van der Waals surface area contributed by atoms with Crippen LogP contribution in [0.5, 0.6) is 17.2 Å². The molecule has 10 nitrogen and oxygen atoms in total. The van der Waals surface area contributed by atoms with Crippen molar-refractivity contribution >= 4 is 17.7 Å². The SMILES string of the molecule is COc1cccc(OC)c1Cn1ccc(O)c(NC(=O)N[C@@H](CC(=O)O)c2ccc(C)cc2)c1=O. The van der Waals surface area contributed by atoms with Crippen LogP contribution in [0.4, 0.5) is 10.5 Å². The molecular weight excluding hydrogens is 454 g/mol. The summed E-state index contributed by atoms with van der Waals surface area (Å²) in [5, 5.41) is 24.4. The van der Waals surface area contributed by atoms with E-state index in [-0.39, 0.29) is 18.7 Å². The molecule has 1 aromatic heterocycles. The number of carbonyl (C=O) groups excluding carboxylic acids is 1. The van der Waals surface area contributed by atoms with Crippen molar-refractivity contribution in [2.75, 3.05) is 19.5 Å². The molecule has 4 N–H and O–H groups in total. The standard InChI is InChI=1S/C25H27N3O7/c1-15-7-9-16(10-8-15)18(13-22(30)31)26-25(33)27-23-19(29)11-12-28(24(23)32)14-17-20(34-2)5-4-6-21(17)35-3/h4-12,18,29H,13-14H2,1-3H3,(H,30,31)(H2,26,27,33)/t18-/m0/s1. The van der Waals surface area contributed by atoms with Gasteiger partial charge in [0.05, 0.1) is 38.8 Å². The molecule has 0 unspecified atom stereocenters. The molecule has 1 heterocycles. The van der Waals surface area contributed by atoms with Gasteiger partial charge in [-0.05, 0) is 30.7 Å². The van der Waals surface area contributed by atoms with Crippen LogP contribution in [0.1, 0.15) is 29.2 Å². The van der Waals surface area contributed by atoms with Crippen LogP contribution in [-0.2, 0) is 11.3 Å². The van der Waals surface area contributed by atoms with E-state index in [1.165, 1.54) is 31.0 Å². The summed E-state index contributed by atoms with van der Waals surface area (Å²) in [6, 6.07) is 11.8. The highest BCUT2D eigenvalue weighted by Gasteiger charge is 2.21. The van der Waals surface area contributed by atoms with Crippen molar-refractivity contribution < 1.29 is 29.3 Å². The van der Waals surface area contributed by atoms with Crippen LogP contribution in [-0.4, -0.2) is 41.0 Å². The fourth-order valence-corrected chi connectivity index (χ4v) is 3.59. The molecule has 3 aromatic rings. The molecule has 0 aliphatic carbocycles. The number of aromatic hydroxyl groups is 1. The first-order valence-corrected chi connectivity index (χ1v) is 10.7. The Morgan fingerprint density at radius 3 is 2.23 bits per heavy atom. The summed E-state index contributed by atoms with van der Waals surface area (Å²) in [5.74, 6) is -0.526. The monoisotopic (exact) mass is 481 g/mol. The summed E-state index contributed by atoms with van der Waals surface area (Å²) in [5.41, 5.74) is 1.15. The van der Waals surface area contributed by atoms with Gasteiger partial charge in [0, 0.05) is 6.20 Å². The molecule has 0 aliphatic heterocycles. The first-order chi connectivity index (χ1) is 16.7. The molecule has 184 valence electrons. The number of ether oxygens (including phenoxy) is 2. The first kappa shape index (κ1) is 25.2. The highest BCUT2D eigenvalue weighted by atomic mass is 16.5. The van der Waals surface area contributed by atoms with Gasteiger partial charge >= 0.3 is 12.0 Å². The fourth-order valence-electron chi connectivity index (χ4n) is 3.59. The largest absolute Gasteiger partial charge is 0.505 e. The second-order valence-corrected chi connectivity index (χ2v) is 7.81. The van der Waals surface area contributed by atoms with Crippen molar-refractivity contribution in [3.8, 4) is 17.2 Å². The highest BCUT2D eigenvalue weighted by molar-refractivity contribution is 5.91.